The van der Waals surface area contributed by atoms with E-state index in [1.807, 2.05) is 0 Å². The van der Waals surface area contributed by atoms with Gasteiger partial charge in [-0.05, 0) is 30.3 Å². The Morgan fingerprint density at radius 2 is 1.67 bits per heavy atom. The number of benzene rings is 2. The van der Waals surface area contributed by atoms with Crippen LogP contribution in [0.2, 0.25) is 0 Å². The quantitative estimate of drug-likeness (QED) is 0.454. The third-order valence-corrected chi connectivity index (χ3v) is 2.97. The Bertz CT molecular complexity index is 687. The second-order valence-electron chi connectivity index (χ2n) is 4.05. The minimum atomic E-state index is -4.56. The summed E-state index contributed by atoms with van der Waals surface area (Å²) in [6, 6.07) is 4.35. The standard InChI is InChI=1S/C13H7BrF5NO/c14-7-4-8(15)12(16)11(5-7)21-10-2-1-6(3-9(10)20)13(17,18)19/h1-5H,20H2. The lowest BCUT2D eigenvalue weighted by atomic mass is 10.2. The maximum atomic E-state index is 13.5. The zero-order valence-electron chi connectivity index (χ0n) is 10.1. The molecule has 2 N–H and O–H groups in total. The number of anilines is 1. The monoisotopic (exact) mass is 367 g/mol. The molecule has 2 aromatic rings. The molecule has 2 aromatic carbocycles. The van der Waals surface area contributed by atoms with Crippen LogP contribution in [0.5, 0.6) is 11.5 Å². The van der Waals surface area contributed by atoms with Crippen LogP contribution in [0.3, 0.4) is 0 Å². The van der Waals surface area contributed by atoms with Crippen molar-refractivity contribution in [2.24, 2.45) is 0 Å². The van der Waals surface area contributed by atoms with Crippen molar-refractivity contribution in [3.8, 4) is 11.5 Å². The number of nitrogens with two attached hydrogens (primary N) is 1. The van der Waals surface area contributed by atoms with Crippen LogP contribution in [0.25, 0.3) is 0 Å². The van der Waals surface area contributed by atoms with Gasteiger partial charge in [-0.2, -0.15) is 17.6 Å². The van der Waals surface area contributed by atoms with Crippen LogP contribution < -0.4 is 10.5 Å². The first-order valence-corrected chi connectivity index (χ1v) is 6.27. The van der Waals surface area contributed by atoms with Gasteiger partial charge in [-0.3, -0.25) is 0 Å². The highest BCUT2D eigenvalue weighted by Crippen LogP contribution is 2.36. The van der Waals surface area contributed by atoms with Gasteiger partial charge in [0.15, 0.2) is 11.6 Å². The van der Waals surface area contributed by atoms with Crippen LogP contribution in [0.15, 0.2) is 34.8 Å². The average Bonchev–Trinajstić information content (AvgIpc) is 2.36. The van der Waals surface area contributed by atoms with Gasteiger partial charge in [0.25, 0.3) is 0 Å². The summed E-state index contributed by atoms with van der Waals surface area (Å²) >= 11 is 2.95. The molecule has 0 aliphatic carbocycles. The number of halogens is 6. The SMILES string of the molecule is Nc1cc(C(F)(F)F)ccc1Oc1cc(Br)cc(F)c1F. The third-order valence-electron chi connectivity index (χ3n) is 2.52. The summed E-state index contributed by atoms with van der Waals surface area (Å²) in [4.78, 5) is 0. The van der Waals surface area contributed by atoms with E-state index in [1.165, 1.54) is 0 Å². The Labute approximate surface area is 124 Å². The lowest BCUT2D eigenvalue weighted by Gasteiger charge is -2.12. The number of hydrogen-bond acceptors (Lipinski definition) is 2. The van der Waals surface area contributed by atoms with Gasteiger partial charge in [-0.15, -0.1) is 0 Å². The molecule has 0 fully saturated rings. The molecule has 2 nitrogen and oxygen atoms in total. The van der Waals surface area contributed by atoms with E-state index in [4.69, 9.17) is 10.5 Å². The predicted molar refractivity (Wildman–Crippen MR) is 70.0 cm³/mol. The molecule has 0 unspecified atom stereocenters. The van der Waals surface area contributed by atoms with Gasteiger partial charge in [-0.25, -0.2) is 4.39 Å². The Kier molecular flexibility index (Phi) is 4.08. The summed E-state index contributed by atoms with van der Waals surface area (Å²) in [6.45, 7) is 0. The van der Waals surface area contributed by atoms with Crippen LogP contribution >= 0.6 is 15.9 Å². The van der Waals surface area contributed by atoms with Crippen molar-refractivity contribution in [1.82, 2.24) is 0 Å². The first kappa shape index (κ1) is 15.6. The highest BCUT2D eigenvalue weighted by molar-refractivity contribution is 9.10. The molecule has 0 atom stereocenters. The van der Waals surface area contributed by atoms with Gasteiger partial charge in [0.2, 0.25) is 5.82 Å². The maximum Gasteiger partial charge on any atom is 0.416 e. The molecule has 0 saturated carbocycles. The van der Waals surface area contributed by atoms with Crippen LogP contribution in [-0.2, 0) is 6.18 Å². The van der Waals surface area contributed by atoms with E-state index in [2.05, 4.69) is 15.9 Å². The summed E-state index contributed by atoms with van der Waals surface area (Å²) in [5.41, 5.74) is 4.13. The maximum absolute atomic E-state index is 13.5. The Morgan fingerprint density at radius 3 is 2.24 bits per heavy atom. The molecule has 0 amide bonds. The minimum Gasteiger partial charge on any atom is -0.452 e. The van der Waals surface area contributed by atoms with Crippen molar-refractivity contribution < 1.29 is 26.7 Å². The Hall–Kier alpha value is -1.83. The second kappa shape index (κ2) is 5.51. The second-order valence-corrected chi connectivity index (χ2v) is 4.97. The van der Waals surface area contributed by atoms with E-state index < -0.39 is 29.1 Å². The van der Waals surface area contributed by atoms with E-state index in [9.17, 15) is 22.0 Å². The fourth-order valence-electron chi connectivity index (χ4n) is 1.54. The number of alkyl halides is 3. The van der Waals surface area contributed by atoms with Crippen molar-refractivity contribution in [1.29, 1.82) is 0 Å². The Morgan fingerprint density at radius 1 is 1.00 bits per heavy atom. The van der Waals surface area contributed by atoms with E-state index in [0.717, 1.165) is 24.3 Å². The van der Waals surface area contributed by atoms with Gasteiger partial charge in [0.1, 0.15) is 5.75 Å². The topological polar surface area (TPSA) is 35.2 Å². The van der Waals surface area contributed by atoms with Crippen molar-refractivity contribution in [3.63, 3.8) is 0 Å². The van der Waals surface area contributed by atoms with Gasteiger partial charge in [0, 0.05) is 4.47 Å². The molecule has 112 valence electrons. The van der Waals surface area contributed by atoms with Gasteiger partial charge >= 0.3 is 6.18 Å². The molecule has 0 bridgehead atoms. The summed E-state index contributed by atoms with van der Waals surface area (Å²) < 4.78 is 69.4. The molecule has 0 heterocycles. The predicted octanol–water partition coefficient (Wildman–Crippen LogP) is 5.12. The summed E-state index contributed by atoms with van der Waals surface area (Å²) in [5.74, 6) is -3.13. The molecule has 0 aliphatic heterocycles. The van der Waals surface area contributed by atoms with Gasteiger partial charge < -0.3 is 10.5 Å². The highest BCUT2D eigenvalue weighted by atomic mass is 79.9. The average molecular weight is 368 g/mol. The van der Waals surface area contributed by atoms with Gasteiger partial charge in [-0.1, -0.05) is 15.9 Å². The summed E-state index contributed by atoms with van der Waals surface area (Å²) in [7, 11) is 0. The molecule has 0 radical (unpaired) electrons. The van der Waals surface area contributed by atoms with Crippen LogP contribution in [0, 0.1) is 11.6 Å². The first-order chi connectivity index (χ1) is 9.68. The number of hydrogen-bond donors (Lipinski definition) is 1. The van der Waals surface area contributed by atoms with E-state index in [-0.39, 0.29) is 15.9 Å². The van der Waals surface area contributed by atoms with Crippen LogP contribution in [0.4, 0.5) is 27.6 Å². The number of ether oxygens (including phenoxy) is 1. The van der Waals surface area contributed by atoms with Crippen molar-refractivity contribution in [2.45, 2.75) is 6.18 Å². The molecule has 2 rings (SSSR count). The van der Waals surface area contributed by atoms with Crippen molar-refractivity contribution in [3.05, 3.63) is 52.0 Å². The van der Waals surface area contributed by atoms with Crippen molar-refractivity contribution >= 4 is 21.6 Å². The molecule has 0 aromatic heterocycles. The zero-order valence-corrected chi connectivity index (χ0v) is 11.7. The zero-order chi connectivity index (χ0) is 15.8. The molecule has 8 heteroatoms. The lowest BCUT2D eigenvalue weighted by Crippen LogP contribution is -2.06. The number of rotatable bonds is 2. The van der Waals surface area contributed by atoms with Crippen LogP contribution in [-0.4, -0.2) is 0 Å². The molecule has 21 heavy (non-hydrogen) atoms. The fraction of sp³-hybridized carbons (Fsp3) is 0.0769. The van der Waals surface area contributed by atoms with Crippen molar-refractivity contribution in [2.75, 3.05) is 5.73 Å². The third kappa shape index (κ3) is 3.44. The van der Waals surface area contributed by atoms with Crippen LogP contribution in [0.1, 0.15) is 5.56 Å². The summed E-state index contributed by atoms with van der Waals surface area (Å²) in [5, 5.41) is 0. The highest BCUT2D eigenvalue weighted by Gasteiger charge is 2.31. The van der Waals surface area contributed by atoms with E-state index in [1.54, 1.807) is 0 Å². The molecular weight excluding hydrogens is 361 g/mol. The minimum absolute atomic E-state index is 0.209. The summed E-state index contributed by atoms with van der Waals surface area (Å²) in [6.07, 6.45) is -4.56. The smallest absolute Gasteiger partial charge is 0.416 e. The molecule has 0 spiro atoms. The molecule has 0 saturated heterocycles. The normalized spacial score (nSPS) is 11.5. The largest absolute Gasteiger partial charge is 0.452 e. The molecular formula is C13H7BrF5NO. The fourth-order valence-corrected chi connectivity index (χ4v) is 1.95. The van der Waals surface area contributed by atoms with Gasteiger partial charge in [0.05, 0.1) is 11.3 Å². The van der Waals surface area contributed by atoms with E-state index in [0.29, 0.717) is 6.07 Å². The number of nitrogen functional groups attached to an aromatic ring is 1. The first-order valence-electron chi connectivity index (χ1n) is 5.47. The van der Waals surface area contributed by atoms with E-state index >= 15 is 0 Å². The lowest BCUT2D eigenvalue weighted by molar-refractivity contribution is -0.137. The molecule has 0 aliphatic rings. The Balaban J connectivity index is 2.37.